The number of rotatable bonds is 5. The lowest BCUT2D eigenvalue weighted by Gasteiger charge is -2.22. The first-order valence-corrected chi connectivity index (χ1v) is 19.0. The van der Waals surface area contributed by atoms with Gasteiger partial charge in [0.25, 0.3) is 0 Å². The molecule has 0 radical (unpaired) electrons. The van der Waals surface area contributed by atoms with Gasteiger partial charge in [-0.25, -0.2) is 0 Å². The van der Waals surface area contributed by atoms with Gasteiger partial charge in [-0.3, -0.25) is 0 Å². The molecule has 0 unspecified atom stereocenters. The summed E-state index contributed by atoms with van der Waals surface area (Å²) >= 11 is 0. The van der Waals surface area contributed by atoms with Crippen LogP contribution in [0, 0.1) is 0 Å². The van der Waals surface area contributed by atoms with Gasteiger partial charge < -0.3 is 0 Å². The lowest BCUT2D eigenvalue weighted by molar-refractivity contribution is 0.590. The summed E-state index contributed by atoms with van der Waals surface area (Å²) in [5.41, 5.74) is 18.1. The molecule has 0 heterocycles. The van der Waals surface area contributed by atoms with Crippen molar-refractivity contribution in [3.05, 3.63) is 156 Å². The maximum absolute atomic E-state index is 2.42. The van der Waals surface area contributed by atoms with Crippen molar-refractivity contribution in [1.29, 1.82) is 0 Å². The van der Waals surface area contributed by atoms with Crippen LogP contribution >= 0.6 is 0 Å². The van der Waals surface area contributed by atoms with Crippen LogP contribution < -0.4 is 0 Å². The second kappa shape index (κ2) is 13.7. The van der Waals surface area contributed by atoms with E-state index in [0.717, 1.165) is 0 Å². The Morgan fingerprint density at radius 1 is 0.212 bits per heavy atom. The zero-order valence-electron chi connectivity index (χ0n) is 33.7. The Morgan fingerprint density at radius 3 is 0.654 bits per heavy atom. The van der Waals surface area contributed by atoms with Crippen LogP contribution in [0.15, 0.2) is 133 Å². The van der Waals surface area contributed by atoms with Crippen molar-refractivity contribution >= 4 is 0 Å². The van der Waals surface area contributed by atoms with Crippen molar-refractivity contribution in [3.63, 3.8) is 0 Å². The molecule has 52 heavy (non-hydrogen) atoms. The molecule has 0 bridgehead atoms. The molecule has 0 aromatic heterocycles. The third-order valence-corrected chi connectivity index (χ3v) is 10.6. The predicted molar refractivity (Wildman–Crippen MR) is 228 cm³/mol. The van der Waals surface area contributed by atoms with Crippen LogP contribution in [-0.2, 0) is 21.7 Å². The van der Waals surface area contributed by atoms with Crippen LogP contribution in [0.1, 0.15) is 105 Å². The second-order valence-corrected chi connectivity index (χ2v) is 18.8. The van der Waals surface area contributed by atoms with Gasteiger partial charge in [0.2, 0.25) is 0 Å². The summed E-state index contributed by atoms with van der Waals surface area (Å²) in [6.45, 7) is 27.4. The Labute approximate surface area is 315 Å². The summed E-state index contributed by atoms with van der Waals surface area (Å²) in [7, 11) is 0. The van der Waals surface area contributed by atoms with Crippen molar-refractivity contribution in [3.8, 4) is 55.6 Å². The highest BCUT2D eigenvalue weighted by molar-refractivity contribution is 5.95. The van der Waals surface area contributed by atoms with E-state index in [2.05, 4.69) is 217 Å². The van der Waals surface area contributed by atoms with Crippen molar-refractivity contribution in [2.24, 2.45) is 0 Å². The zero-order valence-corrected chi connectivity index (χ0v) is 33.7. The monoisotopic (exact) mass is 682 g/mol. The standard InChI is InChI=1S/C52H58/c1-49(2,3)41-23-13-35(14-24-41)39-21-31-45(37-17-27-43(28-18-37)51(7,8)9)47(33-39)48-34-40(36-15-25-42(26-16-36)50(4,5)6)22-32-46(48)38-19-29-44(30-20-38)52(10,11)12/h13-34H,1-12H3. The van der Waals surface area contributed by atoms with E-state index in [4.69, 9.17) is 0 Å². The van der Waals surface area contributed by atoms with Gasteiger partial charge in [0.05, 0.1) is 0 Å². The first-order chi connectivity index (χ1) is 24.3. The molecule has 0 aliphatic rings. The molecule has 6 aromatic rings. The predicted octanol–water partition coefficient (Wildman–Crippen LogP) is 15.2. The minimum absolute atomic E-state index is 0.0910. The second-order valence-electron chi connectivity index (χ2n) is 18.8. The molecule has 266 valence electrons. The van der Waals surface area contributed by atoms with E-state index in [1.54, 1.807) is 0 Å². The molecule has 6 rings (SSSR count). The fourth-order valence-corrected chi connectivity index (χ4v) is 7.02. The summed E-state index contributed by atoms with van der Waals surface area (Å²) in [4.78, 5) is 0. The molecule has 6 aromatic carbocycles. The Balaban J connectivity index is 1.60. The van der Waals surface area contributed by atoms with E-state index in [0.29, 0.717) is 0 Å². The maximum Gasteiger partial charge on any atom is -0.00928 e. The average molecular weight is 683 g/mol. The van der Waals surface area contributed by atoms with Gasteiger partial charge in [0.15, 0.2) is 0 Å². The van der Waals surface area contributed by atoms with Crippen LogP contribution in [0.4, 0.5) is 0 Å². The van der Waals surface area contributed by atoms with E-state index < -0.39 is 0 Å². The van der Waals surface area contributed by atoms with Crippen LogP contribution in [0.5, 0.6) is 0 Å². The molecule has 0 N–H and O–H groups in total. The molecule has 0 spiro atoms. The summed E-state index contributed by atoms with van der Waals surface area (Å²) in [6, 6.07) is 50.9. The van der Waals surface area contributed by atoms with Crippen molar-refractivity contribution in [2.75, 3.05) is 0 Å². The van der Waals surface area contributed by atoms with Crippen LogP contribution in [0.3, 0.4) is 0 Å². The Kier molecular flexibility index (Phi) is 9.77. The fourth-order valence-electron chi connectivity index (χ4n) is 7.02. The third-order valence-electron chi connectivity index (χ3n) is 10.6. The van der Waals surface area contributed by atoms with Crippen LogP contribution in [-0.4, -0.2) is 0 Å². The molecule has 0 aliphatic heterocycles. The van der Waals surface area contributed by atoms with Gasteiger partial charge in [-0.15, -0.1) is 0 Å². The molecular weight excluding hydrogens is 625 g/mol. The van der Waals surface area contributed by atoms with E-state index in [1.165, 1.54) is 77.9 Å². The van der Waals surface area contributed by atoms with Gasteiger partial charge in [0.1, 0.15) is 0 Å². The lowest BCUT2D eigenvalue weighted by Crippen LogP contribution is -2.10. The largest absolute Gasteiger partial charge is 0.0579 e. The molecule has 0 saturated heterocycles. The molecule has 0 nitrogen and oxygen atoms in total. The van der Waals surface area contributed by atoms with Gasteiger partial charge in [-0.05, 0) is 112 Å². The van der Waals surface area contributed by atoms with Gasteiger partial charge in [-0.1, -0.05) is 204 Å². The first-order valence-electron chi connectivity index (χ1n) is 19.0. The minimum Gasteiger partial charge on any atom is -0.0579 e. The van der Waals surface area contributed by atoms with E-state index in [9.17, 15) is 0 Å². The van der Waals surface area contributed by atoms with Gasteiger partial charge >= 0.3 is 0 Å². The molecule has 0 atom stereocenters. The topological polar surface area (TPSA) is 0 Å². The van der Waals surface area contributed by atoms with Crippen LogP contribution in [0.25, 0.3) is 55.6 Å². The highest BCUT2D eigenvalue weighted by Crippen LogP contribution is 2.43. The number of hydrogen-bond donors (Lipinski definition) is 0. The Hall–Kier alpha value is -4.68. The maximum atomic E-state index is 2.42. The molecular formula is C52H58. The highest BCUT2D eigenvalue weighted by Gasteiger charge is 2.20. The summed E-state index contributed by atoms with van der Waals surface area (Å²) < 4.78 is 0. The SMILES string of the molecule is CC(C)(C)c1ccc(-c2ccc(-c3ccc(C(C)(C)C)cc3)c(-c3cc(-c4ccc(C(C)(C)C)cc4)ccc3-c3ccc(C(C)(C)C)cc3)c2)cc1. The third kappa shape index (κ3) is 8.03. The Morgan fingerprint density at radius 2 is 0.423 bits per heavy atom. The van der Waals surface area contributed by atoms with E-state index in [1.807, 2.05) is 0 Å². The first kappa shape index (κ1) is 37.1. The van der Waals surface area contributed by atoms with E-state index in [-0.39, 0.29) is 21.7 Å². The van der Waals surface area contributed by atoms with E-state index >= 15 is 0 Å². The smallest absolute Gasteiger partial charge is 0.00928 e. The zero-order chi connectivity index (χ0) is 37.6. The van der Waals surface area contributed by atoms with Crippen molar-refractivity contribution < 1.29 is 0 Å². The van der Waals surface area contributed by atoms with Crippen LogP contribution in [0.2, 0.25) is 0 Å². The fraction of sp³-hybridized carbons (Fsp3) is 0.308. The van der Waals surface area contributed by atoms with Crippen molar-refractivity contribution in [2.45, 2.75) is 105 Å². The molecule has 0 aliphatic carbocycles. The molecule has 0 fully saturated rings. The Bertz CT molecular complexity index is 1980. The number of benzene rings is 6. The summed E-state index contributed by atoms with van der Waals surface area (Å²) in [5.74, 6) is 0. The average Bonchev–Trinajstić information content (AvgIpc) is 3.10. The van der Waals surface area contributed by atoms with Gasteiger partial charge in [-0.2, -0.15) is 0 Å². The highest BCUT2D eigenvalue weighted by atomic mass is 14.2. The lowest BCUT2D eigenvalue weighted by atomic mass is 9.82. The number of hydrogen-bond acceptors (Lipinski definition) is 0. The normalized spacial score (nSPS) is 12.6. The molecule has 0 heteroatoms. The minimum atomic E-state index is 0.0910. The quantitative estimate of drug-likeness (QED) is 0.170. The van der Waals surface area contributed by atoms with Crippen molar-refractivity contribution in [1.82, 2.24) is 0 Å². The molecule has 0 saturated carbocycles. The van der Waals surface area contributed by atoms with Gasteiger partial charge in [0, 0.05) is 0 Å². The molecule has 0 amide bonds. The summed E-state index contributed by atoms with van der Waals surface area (Å²) in [5, 5.41) is 0. The summed E-state index contributed by atoms with van der Waals surface area (Å²) in [6.07, 6.45) is 0.